The van der Waals surface area contributed by atoms with Gasteiger partial charge in [-0.1, -0.05) is 12.1 Å². The van der Waals surface area contributed by atoms with Crippen molar-refractivity contribution in [2.24, 2.45) is 0 Å². The number of halogens is 3. The maximum Gasteiger partial charge on any atom is 0.416 e. The Labute approximate surface area is 168 Å². The van der Waals surface area contributed by atoms with Crippen LogP contribution in [0.4, 0.5) is 13.2 Å². The van der Waals surface area contributed by atoms with Gasteiger partial charge in [-0.05, 0) is 24.6 Å². The fraction of sp³-hybridized carbons (Fsp3) is 0.421. The number of aliphatic hydroxyl groups excluding tert-OH is 1. The molecule has 1 aliphatic heterocycles. The average molecular weight is 427 g/mol. The highest BCUT2D eigenvalue weighted by molar-refractivity contribution is 5.78. The second kappa shape index (κ2) is 8.44. The Hall–Kier alpha value is -2.92. The van der Waals surface area contributed by atoms with Crippen molar-refractivity contribution in [3.05, 3.63) is 68.0 Å². The predicted octanol–water partition coefficient (Wildman–Crippen LogP) is 0.871. The van der Waals surface area contributed by atoms with Crippen LogP contribution in [-0.2, 0) is 22.1 Å². The molecule has 3 atom stereocenters. The molecule has 0 bridgehead atoms. The zero-order valence-electron chi connectivity index (χ0n) is 15.9. The van der Waals surface area contributed by atoms with Crippen LogP contribution < -0.4 is 16.6 Å². The summed E-state index contributed by atoms with van der Waals surface area (Å²) in [7, 11) is 0. The second-order valence-corrected chi connectivity index (χ2v) is 7.09. The monoisotopic (exact) mass is 427 g/mol. The number of hydrogen-bond acceptors (Lipinski definition) is 5. The fourth-order valence-corrected chi connectivity index (χ4v) is 3.14. The number of benzene rings is 1. The maximum absolute atomic E-state index is 12.6. The van der Waals surface area contributed by atoms with Crippen LogP contribution in [0.2, 0.25) is 0 Å². The minimum atomic E-state index is -4.44. The lowest BCUT2D eigenvalue weighted by atomic mass is 10.1. The summed E-state index contributed by atoms with van der Waals surface area (Å²) in [5.41, 5.74) is -1.27. The third-order valence-corrected chi connectivity index (χ3v) is 4.81. The van der Waals surface area contributed by atoms with E-state index in [-0.39, 0.29) is 19.4 Å². The Morgan fingerprint density at radius 1 is 1.30 bits per heavy atom. The van der Waals surface area contributed by atoms with Crippen molar-refractivity contribution < 1.29 is 27.8 Å². The molecular formula is C19H20F3N3O5. The molecule has 0 unspecified atom stereocenters. The number of aryl methyl sites for hydroxylation is 1. The molecule has 1 fully saturated rings. The van der Waals surface area contributed by atoms with Gasteiger partial charge < -0.3 is 15.2 Å². The van der Waals surface area contributed by atoms with E-state index in [1.54, 1.807) is 0 Å². The first-order valence-corrected chi connectivity index (χ1v) is 9.13. The molecule has 0 radical (unpaired) electrons. The number of nitrogens with one attached hydrogen (secondary N) is 2. The van der Waals surface area contributed by atoms with E-state index >= 15 is 0 Å². The van der Waals surface area contributed by atoms with Crippen molar-refractivity contribution in [1.29, 1.82) is 0 Å². The van der Waals surface area contributed by atoms with Crippen molar-refractivity contribution in [2.45, 2.75) is 44.4 Å². The number of hydrogen-bond donors (Lipinski definition) is 3. The average Bonchev–Trinajstić information content (AvgIpc) is 3.03. The van der Waals surface area contributed by atoms with Crippen LogP contribution in [0.25, 0.3) is 0 Å². The first kappa shape index (κ1) is 21.8. The maximum atomic E-state index is 12.6. The Morgan fingerprint density at radius 2 is 1.97 bits per heavy atom. The number of nitrogens with zero attached hydrogens (tertiary/aromatic N) is 1. The first-order chi connectivity index (χ1) is 14.0. The Balaban J connectivity index is 1.56. The summed E-state index contributed by atoms with van der Waals surface area (Å²) in [6.45, 7) is 1.48. The van der Waals surface area contributed by atoms with Gasteiger partial charge in [0.2, 0.25) is 5.91 Å². The molecule has 11 heteroatoms. The van der Waals surface area contributed by atoms with Crippen LogP contribution in [0.5, 0.6) is 0 Å². The van der Waals surface area contributed by atoms with Gasteiger partial charge in [0.1, 0.15) is 12.3 Å². The number of ether oxygens (including phenoxy) is 1. The summed E-state index contributed by atoms with van der Waals surface area (Å²) in [6, 6.07) is 4.26. The molecule has 2 aromatic rings. The zero-order valence-corrected chi connectivity index (χ0v) is 15.9. The lowest BCUT2D eigenvalue weighted by Crippen LogP contribution is -2.38. The van der Waals surface area contributed by atoms with Crippen molar-refractivity contribution in [3.63, 3.8) is 0 Å². The van der Waals surface area contributed by atoms with Crippen molar-refractivity contribution in [1.82, 2.24) is 14.9 Å². The van der Waals surface area contributed by atoms with E-state index in [0.29, 0.717) is 11.1 Å². The number of alkyl halides is 3. The number of rotatable bonds is 5. The molecule has 162 valence electrons. The van der Waals surface area contributed by atoms with Gasteiger partial charge in [-0.25, -0.2) is 4.79 Å². The summed E-state index contributed by atoms with van der Waals surface area (Å²) >= 11 is 0. The number of amides is 1. The highest BCUT2D eigenvalue weighted by atomic mass is 19.4. The highest BCUT2D eigenvalue weighted by Gasteiger charge is 2.35. The van der Waals surface area contributed by atoms with Crippen molar-refractivity contribution in [2.75, 3.05) is 6.54 Å². The van der Waals surface area contributed by atoms with Gasteiger partial charge in [0.15, 0.2) is 0 Å². The van der Waals surface area contributed by atoms with E-state index in [4.69, 9.17) is 4.74 Å². The molecule has 2 heterocycles. The van der Waals surface area contributed by atoms with E-state index in [0.717, 1.165) is 12.1 Å². The van der Waals surface area contributed by atoms with Crippen molar-refractivity contribution in [3.8, 4) is 0 Å². The number of carbonyl (C=O) groups is 1. The molecule has 30 heavy (non-hydrogen) atoms. The van der Waals surface area contributed by atoms with E-state index in [1.807, 2.05) is 0 Å². The van der Waals surface area contributed by atoms with Crippen LogP contribution in [0.3, 0.4) is 0 Å². The lowest BCUT2D eigenvalue weighted by Gasteiger charge is -2.17. The van der Waals surface area contributed by atoms with Crippen LogP contribution in [0, 0.1) is 6.92 Å². The summed E-state index contributed by atoms with van der Waals surface area (Å²) in [5.74, 6) is -0.453. The first-order valence-electron chi connectivity index (χ1n) is 9.13. The number of aliphatic hydroxyl groups is 1. The third-order valence-electron chi connectivity index (χ3n) is 4.81. The van der Waals surface area contributed by atoms with Gasteiger partial charge in [0.05, 0.1) is 18.1 Å². The molecule has 1 aromatic carbocycles. The Kier molecular flexibility index (Phi) is 6.13. The molecule has 0 aliphatic carbocycles. The Bertz CT molecular complexity index is 1030. The number of H-pyrrole nitrogens is 1. The van der Waals surface area contributed by atoms with Crippen LogP contribution in [0.1, 0.15) is 29.3 Å². The smallest absolute Gasteiger partial charge is 0.390 e. The van der Waals surface area contributed by atoms with Gasteiger partial charge >= 0.3 is 11.9 Å². The summed E-state index contributed by atoms with van der Waals surface area (Å²) in [4.78, 5) is 37.7. The number of aromatic nitrogens is 2. The second-order valence-electron chi connectivity index (χ2n) is 7.09. The van der Waals surface area contributed by atoms with Crippen molar-refractivity contribution >= 4 is 5.91 Å². The van der Waals surface area contributed by atoms with Crippen LogP contribution in [0.15, 0.2) is 40.1 Å². The summed E-state index contributed by atoms with van der Waals surface area (Å²) in [6.07, 6.45) is -5.71. The van der Waals surface area contributed by atoms with Gasteiger partial charge in [-0.15, -0.1) is 0 Å². The Morgan fingerprint density at radius 3 is 2.60 bits per heavy atom. The summed E-state index contributed by atoms with van der Waals surface area (Å²) < 4.78 is 44.5. The van der Waals surface area contributed by atoms with Gasteiger partial charge in [-0.3, -0.25) is 19.1 Å². The van der Waals surface area contributed by atoms with Gasteiger partial charge in [0.25, 0.3) is 5.56 Å². The molecule has 3 N–H and O–H groups in total. The van der Waals surface area contributed by atoms with E-state index in [1.165, 1.54) is 29.8 Å². The zero-order chi connectivity index (χ0) is 22.1. The predicted molar refractivity (Wildman–Crippen MR) is 98.8 cm³/mol. The molecule has 1 aromatic heterocycles. The largest absolute Gasteiger partial charge is 0.416 e. The molecule has 1 amide bonds. The topological polar surface area (TPSA) is 113 Å². The molecular weight excluding hydrogens is 407 g/mol. The molecule has 0 saturated carbocycles. The third kappa shape index (κ3) is 4.97. The minimum absolute atomic E-state index is 0.0474. The van der Waals surface area contributed by atoms with E-state index in [2.05, 4.69) is 10.3 Å². The lowest BCUT2D eigenvalue weighted by molar-refractivity contribution is -0.137. The molecule has 1 saturated heterocycles. The quantitative estimate of drug-likeness (QED) is 0.656. The minimum Gasteiger partial charge on any atom is -0.390 e. The standard InChI is InChI=1S/C19H20F3N3O5/c1-10-9-25(18(29)24-17(10)28)16-7-13(26)14(30-16)8-23-15(27)6-11-2-4-12(5-3-11)19(20,21)22/h2-5,9,13-14,16,26H,6-8H2,1H3,(H,23,27)(H,24,28,29)/t13-,14+,16+/m0/s1. The SMILES string of the molecule is Cc1cn([C@H]2C[C@H](O)[C@@H](CNC(=O)Cc3ccc(C(F)(F)F)cc3)O2)c(=O)[nH]c1=O. The fourth-order valence-electron chi connectivity index (χ4n) is 3.14. The summed E-state index contributed by atoms with van der Waals surface area (Å²) in [5, 5.41) is 12.7. The number of aromatic amines is 1. The molecule has 8 nitrogen and oxygen atoms in total. The highest BCUT2D eigenvalue weighted by Crippen LogP contribution is 2.29. The van der Waals surface area contributed by atoms with E-state index < -0.39 is 47.3 Å². The van der Waals surface area contributed by atoms with Crippen LogP contribution in [-0.4, -0.2) is 39.3 Å². The molecule has 1 aliphatic rings. The molecule has 0 spiro atoms. The van der Waals surface area contributed by atoms with Gasteiger partial charge in [0, 0.05) is 24.7 Å². The van der Waals surface area contributed by atoms with Gasteiger partial charge in [-0.2, -0.15) is 13.2 Å². The molecule has 3 rings (SSSR count). The van der Waals surface area contributed by atoms with E-state index in [9.17, 15) is 32.7 Å². The normalized spacial score (nSPS) is 21.6. The van der Waals surface area contributed by atoms with Crippen LogP contribution >= 0.6 is 0 Å². The number of carbonyl (C=O) groups excluding carboxylic acids is 1.